The van der Waals surface area contributed by atoms with Gasteiger partial charge >= 0.3 is 5.97 Å². The largest absolute Gasteiger partial charge is 0.481 e. The van der Waals surface area contributed by atoms with Crippen molar-refractivity contribution in [2.24, 2.45) is 5.92 Å². The minimum absolute atomic E-state index is 0.0123. The fourth-order valence-corrected chi connectivity index (χ4v) is 2.46. The zero-order chi connectivity index (χ0) is 13.3. The molecule has 2 unspecified atom stereocenters. The number of piperidine rings is 1. The Kier molecular flexibility index (Phi) is 3.36. The highest BCUT2D eigenvalue weighted by molar-refractivity contribution is 5.81. The molecule has 0 spiro atoms. The first-order chi connectivity index (χ1) is 8.54. The number of amides is 1. The molecule has 1 saturated heterocycles. The van der Waals surface area contributed by atoms with Crippen LogP contribution in [0.25, 0.3) is 0 Å². The molecule has 0 aromatic carbocycles. The Morgan fingerprint density at radius 2 is 2.33 bits per heavy atom. The molecule has 1 aromatic heterocycles. The SMILES string of the molecule is CCn1cc(C2C(C(=O)O)CCC(=O)N2C)cn1. The Morgan fingerprint density at radius 3 is 2.89 bits per heavy atom. The zero-order valence-corrected chi connectivity index (χ0v) is 10.5. The van der Waals surface area contributed by atoms with Gasteiger partial charge in [0.15, 0.2) is 0 Å². The lowest BCUT2D eigenvalue weighted by atomic mass is 9.86. The number of aromatic nitrogens is 2. The molecule has 2 atom stereocenters. The molecule has 2 heterocycles. The number of carbonyl (C=O) groups is 2. The van der Waals surface area contributed by atoms with Crippen molar-refractivity contribution in [3.63, 3.8) is 0 Å². The van der Waals surface area contributed by atoms with Gasteiger partial charge in [0.1, 0.15) is 0 Å². The molecule has 0 saturated carbocycles. The first-order valence-corrected chi connectivity index (χ1v) is 6.05. The van der Waals surface area contributed by atoms with E-state index in [1.54, 1.807) is 17.9 Å². The second-order valence-electron chi connectivity index (χ2n) is 4.56. The summed E-state index contributed by atoms with van der Waals surface area (Å²) in [7, 11) is 1.66. The Labute approximate surface area is 105 Å². The highest BCUT2D eigenvalue weighted by Crippen LogP contribution is 2.35. The van der Waals surface area contributed by atoms with Gasteiger partial charge in [0.2, 0.25) is 5.91 Å². The summed E-state index contributed by atoms with van der Waals surface area (Å²) >= 11 is 0. The molecule has 1 N–H and O–H groups in total. The summed E-state index contributed by atoms with van der Waals surface area (Å²) in [5.74, 6) is -1.42. The minimum atomic E-state index is -0.858. The van der Waals surface area contributed by atoms with Crippen LogP contribution in [0.1, 0.15) is 31.4 Å². The van der Waals surface area contributed by atoms with E-state index in [1.165, 1.54) is 4.90 Å². The van der Waals surface area contributed by atoms with Gasteiger partial charge in [-0.3, -0.25) is 14.3 Å². The van der Waals surface area contributed by atoms with E-state index in [4.69, 9.17) is 0 Å². The summed E-state index contributed by atoms with van der Waals surface area (Å²) in [6.45, 7) is 2.68. The van der Waals surface area contributed by atoms with Crippen molar-refractivity contribution in [1.82, 2.24) is 14.7 Å². The average molecular weight is 251 g/mol. The number of likely N-dealkylation sites (tertiary alicyclic amines) is 1. The number of aliphatic carboxylic acids is 1. The highest BCUT2D eigenvalue weighted by Gasteiger charge is 2.39. The molecule has 1 amide bonds. The van der Waals surface area contributed by atoms with Crippen LogP contribution in [-0.4, -0.2) is 38.7 Å². The number of carboxylic acid groups (broad SMARTS) is 1. The van der Waals surface area contributed by atoms with E-state index < -0.39 is 17.9 Å². The van der Waals surface area contributed by atoms with Gasteiger partial charge in [-0.2, -0.15) is 5.10 Å². The lowest BCUT2D eigenvalue weighted by Crippen LogP contribution is -2.42. The lowest BCUT2D eigenvalue weighted by Gasteiger charge is -2.36. The second kappa shape index (κ2) is 4.80. The molecule has 1 fully saturated rings. The number of carbonyl (C=O) groups excluding carboxylic acids is 1. The molecule has 0 bridgehead atoms. The number of hydrogen-bond acceptors (Lipinski definition) is 3. The first-order valence-electron chi connectivity index (χ1n) is 6.05. The number of carboxylic acids is 1. The molecule has 1 aliphatic rings. The van der Waals surface area contributed by atoms with Crippen LogP contribution < -0.4 is 0 Å². The molecule has 6 nitrogen and oxygen atoms in total. The summed E-state index contributed by atoms with van der Waals surface area (Å²) in [5.41, 5.74) is 0.791. The molecule has 6 heteroatoms. The topological polar surface area (TPSA) is 75.4 Å². The van der Waals surface area contributed by atoms with Gasteiger partial charge in [-0.25, -0.2) is 0 Å². The number of hydrogen-bond donors (Lipinski definition) is 1. The number of aryl methyl sites for hydroxylation is 1. The molecule has 1 aromatic rings. The molecule has 1 aliphatic heterocycles. The van der Waals surface area contributed by atoms with E-state index >= 15 is 0 Å². The van der Waals surface area contributed by atoms with E-state index in [2.05, 4.69) is 5.10 Å². The van der Waals surface area contributed by atoms with Crippen molar-refractivity contribution >= 4 is 11.9 Å². The molecular formula is C12H17N3O3. The Balaban J connectivity index is 2.34. The van der Waals surface area contributed by atoms with E-state index in [9.17, 15) is 14.7 Å². The molecule has 98 valence electrons. The van der Waals surface area contributed by atoms with Gasteiger partial charge in [0.25, 0.3) is 0 Å². The molecular weight excluding hydrogens is 234 g/mol. The predicted molar refractivity (Wildman–Crippen MR) is 63.8 cm³/mol. The standard InChI is InChI=1S/C12H17N3O3/c1-3-15-7-8(6-13-15)11-9(12(17)18)4-5-10(16)14(11)2/h6-7,9,11H,3-5H2,1-2H3,(H,17,18). The second-order valence-corrected chi connectivity index (χ2v) is 4.56. The smallest absolute Gasteiger partial charge is 0.308 e. The highest BCUT2D eigenvalue weighted by atomic mass is 16.4. The fraction of sp³-hybridized carbons (Fsp3) is 0.583. The average Bonchev–Trinajstić information content (AvgIpc) is 2.80. The van der Waals surface area contributed by atoms with Crippen molar-refractivity contribution in [2.75, 3.05) is 7.05 Å². The van der Waals surface area contributed by atoms with Gasteiger partial charge in [-0.05, 0) is 13.3 Å². The Hall–Kier alpha value is -1.85. The summed E-state index contributed by atoms with van der Waals surface area (Å²) in [5, 5.41) is 13.4. The maximum absolute atomic E-state index is 11.7. The van der Waals surface area contributed by atoms with Gasteiger partial charge in [-0.15, -0.1) is 0 Å². The maximum atomic E-state index is 11.7. The summed E-state index contributed by atoms with van der Waals surface area (Å²) in [4.78, 5) is 24.6. The third-order valence-electron chi connectivity index (χ3n) is 3.50. The maximum Gasteiger partial charge on any atom is 0.308 e. The Morgan fingerprint density at radius 1 is 1.61 bits per heavy atom. The van der Waals surface area contributed by atoms with Crippen LogP contribution in [0.5, 0.6) is 0 Å². The molecule has 0 aliphatic carbocycles. The van der Waals surface area contributed by atoms with Crippen LogP contribution in [0.15, 0.2) is 12.4 Å². The van der Waals surface area contributed by atoms with Crippen LogP contribution >= 0.6 is 0 Å². The van der Waals surface area contributed by atoms with Crippen molar-refractivity contribution < 1.29 is 14.7 Å². The molecule has 18 heavy (non-hydrogen) atoms. The van der Waals surface area contributed by atoms with Gasteiger partial charge < -0.3 is 10.0 Å². The summed E-state index contributed by atoms with van der Waals surface area (Å²) < 4.78 is 1.74. The van der Waals surface area contributed by atoms with Crippen molar-refractivity contribution in [3.8, 4) is 0 Å². The van der Waals surface area contributed by atoms with E-state index in [0.717, 1.165) is 12.1 Å². The minimum Gasteiger partial charge on any atom is -0.481 e. The molecule has 0 radical (unpaired) electrons. The van der Waals surface area contributed by atoms with E-state index in [1.807, 2.05) is 13.1 Å². The van der Waals surface area contributed by atoms with Crippen LogP contribution in [0, 0.1) is 5.92 Å². The third-order valence-corrected chi connectivity index (χ3v) is 3.50. The number of rotatable bonds is 3. The van der Waals surface area contributed by atoms with Crippen LogP contribution in [0.4, 0.5) is 0 Å². The van der Waals surface area contributed by atoms with Crippen LogP contribution in [0.3, 0.4) is 0 Å². The van der Waals surface area contributed by atoms with Crippen molar-refractivity contribution in [2.45, 2.75) is 32.4 Å². The van der Waals surface area contributed by atoms with Gasteiger partial charge in [-0.1, -0.05) is 0 Å². The lowest BCUT2D eigenvalue weighted by molar-refractivity contribution is -0.150. The van der Waals surface area contributed by atoms with Crippen LogP contribution in [0.2, 0.25) is 0 Å². The molecule has 2 rings (SSSR count). The normalized spacial score (nSPS) is 24.3. The van der Waals surface area contributed by atoms with E-state index in [0.29, 0.717) is 12.8 Å². The monoisotopic (exact) mass is 251 g/mol. The number of nitrogens with zero attached hydrogens (tertiary/aromatic N) is 3. The summed E-state index contributed by atoms with van der Waals surface area (Å²) in [6, 6.07) is -0.413. The zero-order valence-electron chi connectivity index (χ0n) is 10.5. The van der Waals surface area contributed by atoms with Crippen molar-refractivity contribution in [1.29, 1.82) is 0 Å². The third kappa shape index (κ3) is 2.10. The van der Waals surface area contributed by atoms with Gasteiger partial charge in [0.05, 0.1) is 18.2 Å². The first kappa shape index (κ1) is 12.6. The summed E-state index contributed by atoms with van der Waals surface area (Å²) in [6.07, 6.45) is 4.15. The van der Waals surface area contributed by atoms with Crippen LogP contribution in [-0.2, 0) is 16.1 Å². The fourth-order valence-electron chi connectivity index (χ4n) is 2.46. The van der Waals surface area contributed by atoms with Gasteiger partial charge in [0, 0.05) is 31.8 Å². The predicted octanol–water partition coefficient (Wildman–Crippen LogP) is 0.897. The quantitative estimate of drug-likeness (QED) is 0.866. The Bertz CT molecular complexity index is 469. The van der Waals surface area contributed by atoms with Crippen molar-refractivity contribution in [3.05, 3.63) is 18.0 Å². The van der Waals surface area contributed by atoms with E-state index in [-0.39, 0.29) is 5.91 Å².